The predicted molar refractivity (Wildman–Crippen MR) is 84.2 cm³/mol. The predicted octanol–water partition coefficient (Wildman–Crippen LogP) is 1.76. The summed E-state index contributed by atoms with van der Waals surface area (Å²) in [5.74, 6) is -0.998. The highest BCUT2D eigenvalue weighted by Gasteiger charge is 2.05. The van der Waals surface area contributed by atoms with Crippen LogP contribution in [0.25, 0.3) is 0 Å². The van der Waals surface area contributed by atoms with Crippen LogP contribution in [-0.4, -0.2) is 48.6 Å². The van der Waals surface area contributed by atoms with E-state index < -0.39 is 11.9 Å². The highest BCUT2D eigenvalue weighted by molar-refractivity contribution is 5.88. The summed E-state index contributed by atoms with van der Waals surface area (Å²) < 4.78 is 9.47. The lowest BCUT2D eigenvalue weighted by Gasteiger charge is -2.02. The molecule has 128 valence electrons. The number of carbonyl (C=O) groups excluding carboxylic acids is 2. The topological polar surface area (TPSA) is 93.1 Å². The monoisotopic (exact) mass is 316 g/mol. The van der Waals surface area contributed by atoms with E-state index >= 15 is 0 Å². The van der Waals surface area contributed by atoms with Gasteiger partial charge in [0.2, 0.25) is 0 Å². The summed E-state index contributed by atoms with van der Waals surface area (Å²) in [6.07, 6.45) is 3.67. The number of hydrogen-bond donors (Lipinski definition) is 2. The Bertz CT molecular complexity index is 315. The van der Waals surface area contributed by atoms with Crippen LogP contribution < -0.4 is 0 Å². The molecule has 0 aromatic carbocycles. The molecule has 0 amide bonds. The summed E-state index contributed by atoms with van der Waals surface area (Å²) in [7, 11) is 0. The van der Waals surface area contributed by atoms with Gasteiger partial charge >= 0.3 is 11.9 Å². The van der Waals surface area contributed by atoms with Gasteiger partial charge in [0.15, 0.2) is 0 Å². The Labute approximate surface area is 132 Å². The molecule has 0 fully saturated rings. The van der Waals surface area contributed by atoms with Gasteiger partial charge in [0.1, 0.15) is 0 Å². The zero-order valence-electron chi connectivity index (χ0n) is 13.6. The Morgan fingerprint density at radius 2 is 1.14 bits per heavy atom. The van der Waals surface area contributed by atoms with Crippen molar-refractivity contribution >= 4 is 11.9 Å². The number of rotatable bonds is 10. The van der Waals surface area contributed by atoms with Crippen molar-refractivity contribution in [3.63, 3.8) is 0 Å². The summed E-state index contributed by atoms with van der Waals surface area (Å²) in [5, 5.41) is 16.9. The van der Waals surface area contributed by atoms with Crippen LogP contribution in [0, 0.1) is 0 Å². The van der Waals surface area contributed by atoms with E-state index in [2.05, 4.69) is 13.2 Å². The molecule has 0 aliphatic rings. The van der Waals surface area contributed by atoms with Crippen LogP contribution in [0.5, 0.6) is 0 Å². The molecule has 0 saturated heterocycles. The van der Waals surface area contributed by atoms with Gasteiger partial charge in [-0.3, -0.25) is 0 Å². The first kappa shape index (κ1) is 22.6. The fraction of sp³-hybridized carbons (Fsp3) is 0.625. The minimum absolute atomic E-state index is 0.112. The maximum absolute atomic E-state index is 10.8. The van der Waals surface area contributed by atoms with Crippen molar-refractivity contribution in [3.05, 3.63) is 24.3 Å². The molecular formula is C16H28O6. The number of hydrogen-bond acceptors (Lipinski definition) is 6. The molecule has 0 spiro atoms. The van der Waals surface area contributed by atoms with E-state index in [1.165, 1.54) is 0 Å². The molecule has 2 N–H and O–H groups in total. The van der Waals surface area contributed by atoms with Crippen molar-refractivity contribution in [2.24, 2.45) is 0 Å². The first-order valence-electron chi connectivity index (χ1n) is 7.35. The van der Waals surface area contributed by atoms with Crippen molar-refractivity contribution in [3.8, 4) is 0 Å². The average molecular weight is 316 g/mol. The van der Waals surface area contributed by atoms with Gasteiger partial charge in [0.05, 0.1) is 37.6 Å². The van der Waals surface area contributed by atoms with E-state index in [1.807, 2.05) is 13.8 Å². The van der Waals surface area contributed by atoms with E-state index in [1.54, 1.807) is 0 Å². The molecule has 0 radical (unpaired) electrons. The van der Waals surface area contributed by atoms with Gasteiger partial charge in [-0.05, 0) is 12.8 Å². The lowest BCUT2D eigenvalue weighted by atomic mass is 10.3. The standard InChI is InChI=1S/2C8H14O3/c2*1-3-4-5-11-8(10)7(2)6-9/h2*9H,2-6H2,1H3. The summed E-state index contributed by atoms with van der Waals surface area (Å²) >= 11 is 0. The highest BCUT2D eigenvalue weighted by Crippen LogP contribution is 1.96. The fourth-order valence-electron chi connectivity index (χ4n) is 0.952. The van der Waals surface area contributed by atoms with E-state index in [0.717, 1.165) is 25.7 Å². The SMILES string of the molecule is C=C(CO)C(=O)OCCCC.C=C(CO)C(=O)OCCCC. The van der Waals surface area contributed by atoms with Crippen LogP contribution in [0.15, 0.2) is 24.3 Å². The molecule has 0 saturated carbocycles. The fourth-order valence-corrected chi connectivity index (χ4v) is 0.952. The molecule has 0 unspecified atom stereocenters. The number of esters is 2. The molecule has 22 heavy (non-hydrogen) atoms. The molecular weight excluding hydrogens is 288 g/mol. The third-order valence-electron chi connectivity index (χ3n) is 2.42. The second kappa shape index (κ2) is 15.7. The summed E-state index contributed by atoms with van der Waals surface area (Å²) in [4.78, 5) is 21.5. The first-order valence-corrected chi connectivity index (χ1v) is 7.35. The zero-order valence-corrected chi connectivity index (χ0v) is 13.6. The van der Waals surface area contributed by atoms with Crippen LogP contribution in [0.4, 0.5) is 0 Å². The second-order valence-electron chi connectivity index (χ2n) is 4.50. The van der Waals surface area contributed by atoms with Crippen LogP contribution in [0.1, 0.15) is 39.5 Å². The third-order valence-corrected chi connectivity index (χ3v) is 2.42. The Morgan fingerprint density at radius 1 is 0.818 bits per heavy atom. The number of carbonyl (C=O) groups is 2. The summed E-state index contributed by atoms with van der Waals surface area (Å²) in [6.45, 7) is 10.8. The van der Waals surface area contributed by atoms with Crippen molar-refractivity contribution in [2.45, 2.75) is 39.5 Å². The molecule has 0 aromatic rings. The molecule has 0 heterocycles. The molecule has 6 nitrogen and oxygen atoms in total. The Morgan fingerprint density at radius 3 is 1.36 bits per heavy atom. The van der Waals surface area contributed by atoms with Crippen LogP contribution >= 0.6 is 0 Å². The lowest BCUT2D eigenvalue weighted by Crippen LogP contribution is -2.10. The van der Waals surface area contributed by atoms with Gasteiger partial charge in [-0.25, -0.2) is 9.59 Å². The number of aliphatic hydroxyl groups excluding tert-OH is 2. The van der Waals surface area contributed by atoms with Crippen molar-refractivity contribution < 1.29 is 29.3 Å². The molecule has 6 heteroatoms. The zero-order chi connectivity index (χ0) is 17.4. The van der Waals surface area contributed by atoms with E-state index in [4.69, 9.17) is 19.7 Å². The Hall–Kier alpha value is -1.66. The van der Waals surface area contributed by atoms with Gasteiger partial charge in [-0.1, -0.05) is 39.8 Å². The molecule has 0 aliphatic heterocycles. The summed E-state index contributed by atoms with van der Waals surface area (Å²) in [6, 6.07) is 0. The lowest BCUT2D eigenvalue weighted by molar-refractivity contribution is -0.140. The second-order valence-corrected chi connectivity index (χ2v) is 4.50. The number of aliphatic hydroxyl groups is 2. The normalized spacial score (nSPS) is 9.27. The number of unbranched alkanes of at least 4 members (excludes halogenated alkanes) is 2. The van der Waals surface area contributed by atoms with Crippen molar-refractivity contribution in [1.29, 1.82) is 0 Å². The molecule has 0 bridgehead atoms. The Kier molecular flexibility index (Phi) is 16.2. The van der Waals surface area contributed by atoms with Crippen molar-refractivity contribution in [1.82, 2.24) is 0 Å². The average Bonchev–Trinajstić information content (AvgIpc) is 2.54. The molecule has 0 atom stereocenters. The Balaban J connectivity index is 0. The molecule has 0 aromatic heterocycles. The summed E-state index contributed by atoms with van der Waals surface area (Å²) in [5.41, 5.74) is 0.224. The minimum Gasteiger partial charge on any atom is -0.462 e. The maximum atomic E-state index is 10.8. The van der Waals surface area contributed by atoms with Gasteiger partial charge in [-0.2, -0.15) is 0 Å². The smallest absolute Gasteiger partial charge is 0.335 e. The van der Waals surface area contributed by atoms with E-state index in [9.17, 15) is 9.59 Å². The molecule has 0 aliphatic carbocycles. The molecule has 0 rings (SSSR count). The van der Waals surface area contributed by atoms with Crippen LogP contribution in [-0.2, 0) is 19.1 Å². The van der Waals surface area contributed by atoms with E-state index in [0.29, 0.717) is 13.2 Å². The van der Waals surface area contributed by atoms with Gasteiger partial charge in [-0.15, -0.1) is 0 Å². The quantitative estimate of drug-likeness (QED) is 0.362. The largest absolute Gasteiger partial charge is 0.462 e. The highest BCUT2D eigenvalue weighted by atomic mass is 16.5. The van der Waals surface area contributed by atoms with Crippen LogP contribution in [0.3, 0.4) is 0 Å². The van der Waals surface area contributed by atoms with Gasteiger partial charge < -0.3 is 19.7 Å². The van der Waals surface area contributed by atoms with Gasteiger partial charge in [0, 0.05) is 0 Å². The minimum atomic E-state index is -0.499. The van der Waals surface area contributed by atoms with Crippen molar-refractivity contribution in [2.75, 3.05) is 26.4 Å². The van der Waals surface area contributed by atoms with Crippen LogP contribution in [0.2, 0.25) is 0 Å². The maximum Gasteiger partial charge on any atom is 0.335 e. The van der Waals surface area contributed by atoms with E-state index in [-0.39, 0.29) is 24.4 Å². The first-order chi connectivity index (χ1) is 10.4. The van der Waals surface area contributed by atoms with Gasteiger partial charge in [0.25, 0.3) is 0 Å². The third kappa shape index (κ3) is 13.3. The number of ether oxygens (including phenoxy) is 2.